The molecule has 0 aliphatic heterocycles. The minimum Gasteiger partial charge on any atom is -0.354 e. The Bertz CT molecular complexity index is 577. The highest BCUT2D eigenvalue weighted by molar-refractivity contribution is 6.28. The zero-order valence-corrected chi connectivity index (χ0v) is 11.6. The van der Waals surface area contributed by atoms with Crippen LogP contribution in [-0.2, 0) is 0 Å². The van der Waals surface area contributed by atoms with Gasteiger partial charge in [0.15, 0.2) is 0 Å². The maximum Gasteiger partial charge on any atom is 0.256 e. The molecular weight excluding hydrogens is 252 g/mol. The Labute approximate surface area is 110 Å². The van der Waals surface area contributed by atoms with Gasteiger partial charge in [-0.05, 0) is 44.9 Å². The Balaban J connectivity index is 2.52. The summed E-state index contributed by atoms with van der Waals surface area (Å²) in [5.41, 5.74) is 3.07. The molecule has 0 radical (unpaired) electrons. The third-order valence-corrected chi connectivity index (χ3v) is 2.94. The van der Waals surface area contributed by atoms with Crippen molar-refractivity contribution in [2.24, 2.45) is 0 Å². The molecule has 18 heavy (non-hydrogen) atoms. The number of nitrogens with one attached hydrogen (secondary N) is 1. The van der Waals surface area contributed by atoms with E-state index in [0.29, 0.717) is 11.9 Å². The van der Waals surface area contributed by atoms with Gasteiger partial charge in [0, 0.05) is 12.2 Å². The van der Waals surface area contributed by atoms with Crippen molar-refractivity contribution in [1.82, 2.24) is 24.7 Å². The van der Waals surface area contributed by atoms with Crippen LogP contribution in [0.1, 0.15) is 23.9 Å². The van der Waals surface area contributed by atoms with E-state index in [4.69, 9.17) is 11.6 Å². The second kappa shape index (κ2) is 4.89. The van der Waals surface area contributed by atoms with Crippen LogP contribution in [0, 0.1) is 20.8 Å². The van der Waals surface area contributed by atoms with Gasteiger partial charge in [0.1, 0.15) is 0 Å². The van der Waals surface area contributed by atoms with Crippen LogP contribution < -0.4 is 5.32 Å². The Kier molecular flexibility index (Phi) is 3.47. The fraction of sp³-hybridized carbons (Fsp3) is 0.455. The topological polar surface area (TPSA) is 68.5 Å². The number of rotatable bonds is 3. The first-order chi connectivity index (χ1) is 8.52. The van der Waals surface area contributed by atoms with E-state index in [1.165, 1.54) is 0 Å². The summed E-state index contributed by atoms with van der Waals surface area (Å²) in [6.07, 6.45) is 0. The second-order valence-electron chi connectivity index (χ2n) is 3.97. The Hall–Kier alpha value is -1.69. The predicted molar refractivity (Wildman–Crippen MR) is 70.3 cm³/mol. The number of anilines is 1. The van der Waals surface area contributed by atoms with E-state index < -0.39 is 0 Å². The average molecular weight is 267 g/mol. The molecule has 0 aromatic carbocycles. The molecule has 0 unspecified atom stereocenters. The minimum absolute atomic E-state index is 0.154. The summed E-state index contributed by atoms with van der Waals surface area (Å²) in [5, 5.41) is 7.57. The number of hydrogen-bond donors (Lipinski definition) is 1. The van der Waals surface area contributed by atoms with Gasteiger partial charge in [-0.3, -0.25) is 0 Å². The summed E-state index contributed by atoms with van der Waals surface area (Å²) in [6, 6.07) is 0. The SMILES string of the molecule is CCNc1nc(Cl)nc(-n2nc(C)c(C)c2C)n1. The Morgan fingerprint density at radius 1 is 1.17 bits per heavy atom. The number of hydrogen-bond acceptors (Lipinski definition) is 5. The Morgan fingerprint density at radius 3 is 2.44 bits per heavy atom. The smallest absolute Gasteiger partial charge is 0.256 e. The van der Waals surface area contributed by atoms with Crippen LogP contribution in [0.3, 0.4) is 0 Å². The molecule has 0 spiro atoms. The lowest BCUT2D eigenvalue weighted by atomic mass is 10.2. The van der Waals surface area contributed by atoms with Gasteiger partial charge in [0.2, 0.25) is 11.2 Å². The quantitative estimate of drug-likeness (QED) is 0.921. The maximum atomic E-state index is 5.89. The van der Waals surface area contributed by atoms with E-state index in [1.807, 2.05) is 27.7 Å². The zero-order chi connectivity index (χ0) is 13.3. The summed E-state index contributed by atoms with van der Waals surface area (Å²) in [6.45, 7) is 8.62. The highest BCUT2D eigenvalue weighted by atomic mass is 35.5. The van der Waals surface area contributed by atoms with Crippen LogP contribution in [-0.4, -0.2) is 31.3 Å². The lowest BCUT2D eigenvalue weighted by molar-refractivity contribution is 0.764. The van der Waals surface area contributed by atoms with Crippen LogP contribution in [0.15, 0.2) is 0 Å². The second-order valence-corrected chi connectivity index (χ2v) is 4.30. The number of nitrogens with zero attached hydrogens (tertiary/aromatic N) is 5. The van der Waals surface area contributed by atoms with E-state index in [2.05, 4.69) is 25.4 Å². The van der Waals surface area contributed by atoms with Gasteiger partial charge < -0.3 is 5.32 Å². The predicted octanol–water partition coefficient (Wildman–Crippen LogP) is 2.07. The van der Waals surface area contributed by atoms with Crippen molar-refractivity contribution < 1.29 is 0 Å². The molecule has 0 atom stereocenters. The van der Waals surface area contributed by atoms with Crippen LogP contribution >= 0.6 is 11.6 Å². The molecule has 0 bridgehead atoms. The summed E-state index contributed by atoms with van der Waals surface area (Å²) in [4.78, 5) is 12.4. The maximum absolute atomic E-state index is 5.89. The van der Waals surface area contributed by atoms with Crippen molar-refractivity contribution in [3.8, 4) is 5.95 Å². The summed E-state index contributed by atoms with van der Waals surface area (Å²) in [5.74, 6) is 0.886. The van der Waals surface area contributed by atoms with E-state index in [0.717, 1.165) is 23.5 Å². The lowest BCUT2D eigenvalue weighted by Gasteiger charge is -2.06. The molecule has 2 aromatic heterocycles. The van der Waals surface area contributed by atoms with Crippen molar-refractivity contribution >= 4 is 17.5 Å². The van der Waals surface area contributed by atoms with E-state index in [1.54, 1.807) is 4.68 Å². The first-order valence-electron chi connectivity index (χ1n) is 5.71. The molecule has 0 saturated heterocycles. The van der Waals surface area contributed by atoms with Crippen LogP contribution in [0.2, 0.25) is 5.28 Å². The van der Waals surface area contributed by atoms with E-state index in [9.17, 15) is 0 Å². The van der Waals surface area contributed by atoms with Crippen molar-refractivity contribution in [2.45, 2.75) is 27.7 Å². The molecular formula is C11H15ClN6. The number of halogens is 1. The minimum atomic E-state index is 0.154. The van der Waals surface area contributed by atoms with Crippen molar-refractivity contribution in [3.63, 3.8) is 0 Å². The first-order valence-corrected chi connectivity index (χ1v) is 6.09. The third kappa shape index (κ3) is 2.28. The Morgan fingerprint density at radius 2 is 1.89 bits per heavy atom. The van der Waals surface area contributed by atoms with Crippen molar-refractivity contribution in [3.05, 3.63) is 22.2 Å². The summed E-state index contributed by atoms with van der Waals surface area (Å²) >= 11 is 5.89. The molecule has 7 heteroatoms. The molecule has 2 rings (SSSR count). The summed E-state index contributed by atoms with van der Waals surface area (Å²) in [7, 11) is 0. The first kappa shape index (κ1) is 12.8. The highest BCUT2D eigenvalue weighted by Gasteiger charge is 2.13. The van der Waals surface area contributed by atoms with Gasteiger partial charge in [-0.2, -0.15) is 20.1 Å². The zero-order valence-electron chi connectivity index (χ0n) is 10.8. The highest BCUT2D eigenvalue weighted by Crippen LogP contribution is 2.16. The van der Waals surface area contributed by atoms with Gasteiger partial charge in [0.05, 0.1) is 5.69 Å². The van der Waals surface area contributed by atoms with Gasteiger partial charge in [-0.1, -0.05) is 0 Å². The van der Waals surface area contributed by atoms with E-state index >= 15 is 0 Å². The molecule has 6 nitrogen and oxygen atoms in total. The number of aryl methyl sites for hydroxylation is 1. The fourth-order valence-corrected chi connectivity index (χ4v) is 1.74. The van der Waals surface area contributed by atoms with Crippen LogP contribution in [0.4, 0.5) is 5.95 Å². The van der Waals surface area contributed by atoms with Crippen LogP contribution in [0.25, 0.3) is 5.95 Å². The standard InChI is InChI=1S/C11H15ClN6/c1-5-13-10-14-9(12)15-11(16-10)18-8(4)6(2)7(3)17-18/h5H2,1-4H3,(H,13,14,15,16). The molecule has 1 N–H and O–H groups in total. The fourth-order valence-electron chi connectivity index (χ4n) is 1.59. The normalized spacial score (nSPS) is 10.7. The van der Waals surface area contributed by atoms with Gasteiger partial charge in [-0.15, -0.1) is 0 Å². The molecule has 96 valence electrons. The lowest BCUT2D eigenvalue weighted by Crippen LogP contribution is -2.10. The molecule has 0 fully saturated rings. The number of aromatic nitrogens is 5. The third-order valence-electron chi connectivity index (χ3n) is 2.77. The molecule has 0 aliphatic carbocycles. The van der Waals surface area contributed by atoms with Gasteiger partial charge >= 0.3 is 0 Å². The molecule has 2 aromatic rings. The summed E-state index contributed by atoms with van der Waals surface area (Å²) < 4.78 is 1.68. The van der Waals surface area contributed by atoms with Crippen molar-refractivity contribution in [2.75, 3.05) is 11.9 Å². The van der Waals surface area contributed by atoms with E-state index in [-0.39, 0.29) is 5.28 Å². The van der Waals surface area contributed by atoms with Crippen molar-refractivity contribution in [1.29, 1.82) is 0 Å². The monoisotopic (exact) mass is 266 g/mol. The molecule has 0 saturated carbocycles. The molecule has 0 amide bonds. The van der Waals surface area contributed by atoms with Gasteiger partial charge in [-0.25, -0.2) is 4.68 Å². The largest absolute Gasteiger partial charge is 0.354 e. The van der Waals surface area contributed by atoms with Crippen LogP contribution in [0.5, 0.6) is 0 Å². The average Bonchev–Trinajstić information content (AvgIpc) is 2.57. The van der Waals surface area contributed by atoms with Gasteiger partial charge in [0.25, 0.3) is 5.95 Å². The molecule has 2 heterocycles. The molecule has 0 aliphatic rings.